The van der Waals surface area contributed by atoms with Crippen LogP contribution in [0, 0.1) is 12.3 Å². The van der Waals surface area contributed by atoms with Crippen molar-refractivity contribution in [1.29, 1.82) is 0 Å². The molecule has 0 aliphatic rings. The van der Waals surface area contributed by atoms with Crippen LogP contribution in [0.5, 0.6) is 0 Å². The van der Waals surface area contributed by atoms with Crippen molar-refractivity contribution >= 4 is 10.0 Å². The quantitative estimate of drug-likeness (QED) is 0.546. The average Bonchev–Trinajstić information content (AvgIpc) is 3.20. The molecule has 150 valence electrons. The van der Waals surface area contributed by atoms with Gasteiger partial charge in [0.25, 0.3) is 0 Å². The fraction of sp³-hybridized carbons (Fsp3) is 0.143. The lowest BCUT2D eigenvalue weighted by atomic mass is 10.1. The summed E-state index contributed by atoms with van der Waals surface area (Å²) in [6, 6.07) is 13.6. The Bertz CT molecular complexity index is 1130. The van der Waals surface area contributed by atoms with Gasteiger partial charge in [-0.2, -0.15) is 17.5 Å². The molecule has 0 radical (unpaired) electrons. The first kappa shape index (κ1) is 20.7. The average molecular weight is 419 g/mol. The summed E-state index contributed by atoms with van der Waals surface area (Å²) >= 11 is 0. The molecular formula is C21H16F3NO3S. The van der Waals surface area contributed by atoms with Crippen LogP contribution in [0.4, 0.5) is 13.2 Å². The SMILES string of the molecule is C#Cc1cccc(CN(Cc2ccco2)S(=O)(=O)c2cccc(C(F)(F)F)c2)c1. The zero-order valence-corrected chi connectivity index (χ0v) is 15.9. The van der Waals surface area contributed by atoms with Gasteiger partial charge >= 0.3 is 6.18 Å². The van der Waals surface area contributed by atoms with E-state index in [1.807, 2.05) is 0 Å². The Labute approximate surface area is 166 Å². The number of nitrogens with zero attached hydrogens (tertiary/aromatic N) is 1. The molecule has 0 saturated heterocycles. The van der Waals surface area contributed by atoms with Crippen molar-refractivity contribution < 1.29 is 26.0 Å². The zero-order chi connectivity index (χ0) is 21.1. The van der Waals surface area contributed by atoms with E-state index < -0.39 is 26.7 Å². The Morgan fingerprint density at radius 3 is 2.41 bits per heavy atom. The molecule has 8 heteroatoms. The number of sulfonamides is 1. The van der Waals surface area contributed by atoms with Crippen LogP contribution >= 0.6 is 0 Å². The van der Waals surface area contributed by atoms with Gasteiger partial charge in [0.1, 0.15) is 5.76 Å². The first-order valence-electron chi connectivity index (χ1n) is 8.45. The Morgan fingerprint density at radius 1 is 1.00 bits per heavy atom. The molecule has 0 spiro atoms. The van der Waals surface area contributed by atoms with Gasteiger partial charge in [0.2, 0.25) is 10.0 Å². The molecule has 3 rings (SSSR count). The van der Waals surface area contributed by atoms with Gasteiger partial charge in [-0.3, -0.25) is 0 Å². The van der Waals surface area contributed by atoms with Crippen LogP contribution in [-0.4, -0.2) is 12.7 Å². The number of alkyl halides is 3. The summed E-state index contributed by atoms with van der Waals surface area (Å²) in [4.78, 5) is -0.452. The normalized spacial score (nSPS) is 12.1. The molecule has 0 saturated carbocycles. The maximum atomic E-state index is 13.2. The van der Waals surface area contributed by atoms with Crippen molar-refractivity contribution in [2.45, 2.75) is 24.2 Å². The third kappa shape index (κ3) is 4.88. The Balaban J connectivity index is 2.01. The third-order valence-corrected chi connectivity index (χ3v) is 5.95. The fourth-order valence-corrected chi connectivity index (χ4v) is 4.19. The second-order valence-electron chi connectivity index (χ2n) is 6.22. The van der Waals surface area contributed by atoms with Crippen LogP contribution in [-0.2, 0) is 29.3 Å². The Morgan fingerprint density at radius 2 is 1.76 bits per heavy atom. The van der Waals surface area contributed by atoms with Crippen LogP contribution in [0.25, 0.3) is 0 Å². The summed E-state index contributed by atoms with van der Waals surface area (Å²) in [5.41, 5.74) is 0.130. The first-order valence-corrected chi connectivity index (χ1v) is 9.89. The highest BCUT2D eigenvalue weighted by Crippen LogP contribution is 2.31. The largest absolute Gasteiger partial charge is 0.468 e. The topological polar surface area (TPSA) is 50.5 Å². The highest BCUT2D eigenvalue weighted by Gasteiger charge is 2.33. The van der Waals surface area contributed by atoms with E-state index in [2.05, 4.69) is 5.92 Å². The minimum Gasteiger partial charge on any atom is -0.468 e. The smallest absolute Gasteiger partial charge is 0.416 e. The highest BCUT2D eigenvalue weighted by atomic mass is 32.2. The van der Waals surface area contributed by atoms with E-state index in [0.29, 0.717) is 23.0 Å². The molecule has 0 bridgehead atoms. The monoisotopic (exact) mass is 419 g/mol. The molecule has 3 aromatic rings. The van der Waals surface area contributed by atoms with E-state index in [1.54, 1.807) is 36.4 Å². The molecule has 0 aliphatic carbocycles. The van der Waals surface area contributed by atoms with Crippen LogP contribution in [0.15, 0.2) is 76.2 Å². The van der Waals surface area contributed by atoms with Gasteiger partial charge in [0.05, 0.1) is 23.3 Å². The number of halogens is 3. The fourth-order valence-electron chi connectivity index (χ4n) is 2.75. The maximum absolute atomic E-state index is 13.2. The molecular weight excluding hydrogens is 403 g/mol. The molecule has 29 heavy (non-hydrogen) atoms. The van der Waals surface area contributed by atoms with E-state index in [-0.39, 0.29) is 13.1 Å². The molecule has 0 atom stereocenters. The second-order valence-corrected chi connectivity index (χ2v) is 8.16. The summed E-state index contributed by atoms with van der Waals surface area (Å²) in [5, 5.41) is 0. The number of hydrogen-bond acceptors (Lipinski definition) is 3. The van der Waals surface area contributed by atoms with Crippen molar-refractivity contribution in [2.75, 3.05) is 0 Å². The molecule has 0 N–H and O–H groups in total. The molecule has 0 unspecified atom stereocenters. The van der Waals surface area contributed by atoms with Crippen LogP contribution in [0.1, 0.15) is 22.5 Å². The summed E-state index contributed by atoms with van der Waals surface area (Å²) in [6.07, 6.45) is 2.13. The molecule has 2 aromatic carbocycles. The van der Waals surface area contributed by atoms with Crippen molar-refractivity contribution in [2.24, 2.45) is 0 Å². The van der Waals surface area contributed by atoms with E-state index in [9.17, 15) is 21.6 Å². The predicted molar refractivity (Wildman–Crippen MR) is 101 cm³/mol. The van der Waals surface area contributed by atoms with Gasteiger partial charge in [-0.05, 0) is 48.0 Å². The van der Waals surface area contributed by atoms with Gasteiger partial charge in [-0.1, -0.05) is 24.1 Å². The number of hydrogen-bond donors (Lipinski definition) is 0. The second kappa shape index (κ2) is 8.15. The van der Waals surface area contributed by atoms with Gasteiger partial charge in [0.15, 0.2) is 0 Å². The van der Waals surface area contributed by atoms with E-state index in [0.717, 1.165) is 22.5 Å². The van der Waals surface area contributed by atoms with Gasteiger partial charge < -0.3 is 4.42 Å². The highest BCUT2D eigenvalue weighted by molar-refractivity contribution is 7.89. The Kier molecular flexibility index (Phi) is 5.82. The van der Waals surface area contributed by atoms with E-state index in [4.69, 9.17) is 10.8 Å². The predicted octanol–water partition coefficient (Wildman–Crippen LogP) is 4.67. The molecule has 1 aromatic heterocycles. The first-order chi connectivity index (χ1) is 13.7. The van der Waals surface area contributed by atoms with Gasteiger partial charge in [-0.15, -0.1) is 6.42 Å². The lowest BCUT2D eigenvalue weighted by Gasteiger charge is -2.22. The summed E-state index contributed by atoms with van der Waals surface area (Å²) in [5.74, 6) is 2.82. The van der Waals surface area contributed by atoms with Crippen molar-refractivity contribution in [3.63, 3.8) is 0 Å². The lowest BCUT2D eigenvalue weighted by molar-refractivity contribution is -0.137. The van der Waals surface area contributed by atoms with E-state index in [1.165, 1.54) is 6.26 Å². The standard InChI is InChI=1S/C21H16F3NO3S/c1-2-16-6-3-7-17(12-16)14-25(15-19-9-5-11-28-19)29(26,27)20-10-4-8-18(13-20)21(22,23)24/h1,3-13H,14-15H2. The van der Waals surface area contributed by atoms with Gasteiger partial charge in [0, 0.05) is 12.1 Å². The number of rotatable bonds is 6. The summed E-state index contributed by atoms with van der Waals surface area (Å²) < 4.78 is 71.8. The van der Waals surface area contributed by atoms with Crippen LogP contribution in [0.2, 0.25) is 0 Å². The number of terminal acetylenes is 1. The Hall–Kier alpha value is -3.02. The molecule has 0 fully saturated rings. The summed E-state index contributed by atoms with van der Waals surface area (Å²) in [6.45, 7) is -0.235. The zero-order valence-electron chi connectivity index (χ0n) is 15.1. The molecule has 0 amide bonds. The third-order valence-electron chi connectivity index (χ3n) is 4.16. The number of furan rings is 1. The van der Waals surface area contributed by atoms with Crippen molar-refractivity contribution in [1.82, 2.24) is 4.31 Å². The maximum Gasteiger partial charge on any atom is 0.416 e. The molecule has 4 nitrogen and oxygen atoms in total. The van der Waals surface area contributed by atoms with Crippen molar-refractivity contribution in [3.05, 3.63) is 89.4 Å². The number of benzene rings is 2. The summed E-state index contributed by atoms with van der Waals surface area (Å²) in [7, 11) is -4.26. The van der Waals surface area contributed by atoms with Crippen LogP contribution in [0.3, 0.4) is 0 Å². The lowest BCUT2D eigenvalue weighted by Crippen LogP contribution is -2.30. The minimum atomic E-state index is -4.65. The van der Waals surface area contributed by atoms with E-state index >= 15 is 0 Å². The van der Waals surface area contributed by atoms with Gasteiger partial charge in [-0.25, -0.2) is 8.42 Å². The van der Waals surface area contributed by atoms with Crippen molar-refractivity contribution in [3.8, 4) is 12.3 Å². The molecule has 0 aliphatic heterocycles. The minimum absolute atomic E-state index is 0.0885. The van der Waals surface area contributed by atoms with Crippen LogP contribution < -0.4 is 0 Å². The molecule has 1 heterocycles.